The highest BCUT2D eigenvalue weighted by Crippen LogP contribution is 2.34. The summed E-state index contributed by atoms with van der Waals surface area (Å²) in [6, 6.07) is 20.7. The lowest BCUT2D eigenvalue weighted by molar-refractivity contribution is -0.115. The van der Waals surface area contributed by atoms with Crippen molar-refractivity contribution >= 4 is 46.6 Å². The number of aromatic amines is 1. The van der Waals surface area contributed by atoms with Gasteiger partial charge in [0.2, 0.25) is 5.91 Å². The summed E-state index contributed by atoms with van der Waals surface area (Å²) in [5, 5.41) is 4.25. The summed E-state index contributed by atoms with van der Waals surface area (Å²) in [6.45, 7) is 0. The summed E-state index contributed by atoms with van der Waals surface area (Å²) >= 11 is 13.6. The van der Waals surface area contributed by atoms with E-state index in [9.17, 15) is 4.79 Å². The van der Waals surface area contributed by atoms with Crippen molar-refractivity contribution in [3.8, 4) is 34.0 Å². The molecule has 9 heteroatoms. The molecular formula is C26H23Cl2N3O3S. The zero-order valence-electron chi connectivity index (χ0n) is 19.1. The molecule has 4 rings (SSSR count). The minimum Gasteiger partial charge on any atom is -0.497 e. The van der Waals surface area contributed by atoms with Gasteiger partial charge in [-0.1, -0.05) is 41.0 Å². The molecule has 0 aliphatic carbocycles. The summed E-state index contributed by atoms with van der Waals surface area (Å²) in [6.07, 6.45) is 0.282. The van der Waals surface area contributed by atoms with E-state index >= 15 is 0 Å². The highest BCUT2D eigenvalue weighted by molar-refractivity contribution is 7.99. The van der Waals surface area contributed by atoms with E-state index in [-0.39, 0.29) is 12.3 Å². The number of halogens is 2. The van der Waals surface area contributed by atoms with Gasteiger partial charge in [-0.3, -0.25) is 4.79 Å². The van der Waals surface area contributed by atoms with E-state index < -0.39 is 0 Å². The number of amides is 1. The Balaban J connectivity index is 1.50. The van der Waals surface area contributed by atoms with Crippen molar-refractivity contribution in [2.45, 2.75) is 11.6 Å². The highest BCUT2D eigenvalue weighted by atomic mass is 35.5. The van der Waals surface area contributed by atoms with Crippen LogP contribution >= 0.6 is 35.0 Å². The molecule has 0 aliphatic heterocycles. The number of ether oxygens (including phenoxy) is 2. The molecule has 1 aromatic heterocycles. The van der Waals surface area contributed by atoms with Crippen LogP contribution in [0.2, 0.25) is 10.0 Å². The SMILES string of the molecule is COc1ccc(-c2nc(SCCC(=O)Nc3cccc(Cl)c3Cl)[nH]c2-c2ccc(OC)cc2)cc1. The number of benzene rings is 3. The first-order chi connectivity index (χ1) is 17.0. The molecule has 0 saturated carbocycles. The molecule has 3 aromatic carbocycles. The minimum atomic E-state index is -0.154. The number of hydrogen-bond donors (Lipinski definition) is 2. The molecule has 4 aromatic rings. The molecule has 2 N–H and O–H groups in total. The summed E-state index contributed by atoms with van der Waals surface area (Å²) in [5.74, 6) is 1.93. The van der Waals surface area contributed by atoms with E-state index in [4.69, 9.17) is 37.7 Å². The summed E-state index contributed by atoms with van der Waals surface area (Å²) in [7, 11) is 3.27. The maximum absolute atomic E-state index is 12.4. The van der Waals surface area contributed by atoms with Crippen molar-refractivity contribution in [3.63, 3.8) is 0 Å². The van der Waals surface area contributed by atoms with Gasteiger partial charge in [0.05, 0.1) is 41.3 Å². The predicted molar refractivity (Wildman–Crippen MR) is 143 cm³/mol. The van der Waals surface area contributed by atoms with Crippen LogP contribution in [0.5, 0.6) is 11.5 Å². The number of imidazole rings is 1. The van der Waals surface area contributed by atoms with Crippen LogP contribution in [-0.4, -0.2) is 35.8 Å². The number of rotatable bonds is 9. The lowest BCUT2D eigenvalue weighted by atomic mass is 10.0. The average Bonchev–Trinajstić information content (AvgIpc) is 3.31. The Labute approximate surface area is 218 Å². The second-order valence-corrected chi connectivity index (χ2v) is 9.34. The molecule has 0 atom stereocenters. The quantitative estimate of drug-likeness (QED) is 0.225. The van der Waals surface area contributed by atoms with Gasteiger partial charge in [-0.2, -0.15) is 0 Å². The van der Waals surface area contributed by atoms with Gasteiger partial charge in [-0.05, 0) is 60.7 Å². The Bertz CT molecular complexity index is 1240. The van der Waals surface area contributed by atoms with Crippen LogP contribution in [0.1, 0.15) is 6.42 Å². The third-order valence-corrected chi connectivity index (χ3v) is 6.91. The number of nitrogens with one attached hydrogen (secondary N) is 2. The summed E-state index contributed by atoms with van der Waals surface area (Å²) < 4.78 is 10.6. The summed E-state index contributed by atoms with van der Waals surface area (Å²) in [5.41, 5.74) is 4.12. The molecule has 0 radical (unpaired) electrons. The fraction of sp³-hybridized carbons (Fsp3) is 0.154. The Kier molecular flexibility index (Phi) is 8.23. The minimum absolute atomic E-state index is 0.154. The molecule has 0 aliphatic rings. The standard InChI is InChI=1S/C26H23Cl2N3O3S/c1-33-18-10-6-16(7-11-18)24-25(17-8-12-19(34-2)13-9-17)31-26(30-24)35-15-14-22(32)29-21-5-3-4-20(27)23(21)28/h3-13H,14-15H2,1-2H3,(H,29,32)(H,30,31). The molecule has 0 unspecified atom stereocenters. The average molecular weight is 528 g/mol. The second-order valence-electron chi connectivity index (χ2n) is 7.47. The summed E-state index contributed by atoms with van der Waals surface area (Å²) in [4.78, 5) is 20.7. The van der Waals surface area contributed by atoms with E-state index in [1.54, 1.807) is 32.4 Å². The van der Waals surface area contributed by atoms with Gasteiger partial charge in [0.15, 0.2) is 5.16 Å². The molecular weight excluding hydrogens is 505 g/mol. The number of carbonyl (C=O) groups excluding carboxylic acids is 1. The van der Waals surface area contributed by atoms with E-state index in [0.717, 1.165) is 39.2 Å². The van der Waals surface area contributed by atoms with Crippen LogP contribution in [0, 0.1) is 0 Å². The van der Waals surface area contributed by atoms with E-state index in [2.05, 4.69) is 10.3 Å². The normalized spacial score (nSPS) is 10.7. The highest BCUT2D eigenvalue weighted by Gasteiger charge is 2.16. The van der Waals surface area contributed by atoms with Crippen molar-refractivity contribution in [2.75, 3.05) is 25.3 Å². The van der Waals surface area contributed by atoms with Crippen molar-refractivity contribution in [3.05, 3.63) is 76.8 Å². The van der Waals surface area contributed by atoms with Gasteiger partial charge in [0, 0.05) is 23.3 Å². The fourth-order valence-electron chi connectivity index (χ4n) is 3.40. The maximum atomic E-state index is 12.4. The number of hydrogen-bond acceptors (Lipinski definition) is 5. The zero-order chi connectivity index (χ0) is 24.8. The number of aromatic nitrogens is 2. The first-order valence-electron chi connectivity index (χ1n) is 10.7. The first-order valence-corrected chi connectivity index (χ1v) is 12.5. The zero-order valence-corrected chi connectivity index (χ0v) is 21.4. The molecule has 35 heavy (non-hydrogen) atoms. The molecule has 180 valence electrons. The number of thioether (sulfide) groups is 1. The van der Waals surface area contributed by atoms with Gasteiger partial charge in [-0.25, -0.2) is 4.98 Å². The first kappa shape index (κ1) is 25.0. The Morgan fingerprint density at radius 1 is 0.943 bits per heavy atom. The maximum Gasteiger partial charge on any atom is 0.225 e. The molecule has 0 saturated heterocycles. The lowest BCUT2D eigenvalue weighted by Crippen LogP contribution is -2.12. The van der Waals surface area contributed by atoms with Gasteiger partial charge in [0.25, 0.3) is 0 Å². The fourth-order valence-corrected chi connectivity index (χ4v) is 4.56. The van der Waals surface area contributed by atoms with E-state index in [0.29, 0.717) is 21.5 Å². The van der Waals surface area contributed by atoms with Gasteiger partial charge in [0.1, 0.15) is 11.5 Å². The largest absolute Gasteiger partial charge is 0.497 e. The number of nitrogens with zero attached hydrogens (tertiary/aromatic N) is 1. The molecule has 6 nitrogen and oxygen atoms in total. The monoisotopic (exact) mass is 527 g/mol. The third-order valence-electron chi connectivity index (χ3n) is 5.22. The van der Waals surface area contributed by atoms with E-state index in [1.165, 1.54) is 11.8 Å². The van der Waals surface area contributed by atoms with Crippen molar-refractivity contribution in [2.24, 2.45) is 0 Å². The van der Waals surface area contributed by atoms with Crippen LogP contribution < -0.4 is 14.8 Å². The number of anilines is 1. The Hall–Kier alpha value is -3.13. The molecule has 1 heterocycles. The molecule has 0 spiro atoms. The van der Waals surface area contributed by atoms with Gasteiger partial charge in [-0.15, -0.1) is 0 Å². The van der Waals surface area contributed by atoms with E-state index in [1.807, 2.05) is 48.5 Å². The number of methoxy groups -OCH3 is 2. The third kappa shape index (κ3) is 6.11. The smallest absolute Gasteiger partial charge is 0.225 e. The Morgan fingerprint density at radius 3 is 2.20 bits per heavy atom. The molecule has 0 bridgehead atoms. The lowest BCUT2D eigenvalue weighted by Gasteiger charge is -2.07. The van der Waals surface area contributed by atoms with Crippen LogP contribution in [0.3, 0.4) is 0 Å². The van der Waals surface area contributed by atoms with Crippen molar-refractivity contribution in [1.29, 1.82) is 0 Å². The van der Waals surface area contributed by atoms with Crippen molar-refractivity contribution < 1.29 is 14.3 Å². The predicted octanol–water partition coefficient (Wildman–Crippen LogP) is 7.19. The van der Waals surface area contributed by atoms with Crippen LogP contribution in [0.25, 0.3) is 22.5 Å². The second kappa shape index (κ2) is 11.5. The molecule has 0 fully saturated rings. The van der Waals surface area contributed by atoms with Crippen LogP contribution in [0.15, 0.2) is 71.9 Å². The van der Waals surface area contributed by atoms with Crippen molar-refractivity contribution in [1.82, 2.24) is 9.97 Å². The van der Waals surface area contributed by atoms with Gasteiger partial charge < -0.3 is 19.8 Å². The number of carbonyl (C=O) groups is 1. The number of H-pyrrole nitrogens is 1. The molecule has 1 amide bonds. The van der Waals surface area contributed by atoms with Crippen LogP contribution in [0.4, 0.5) is 5.69 Å². The Morgan fingerprint density at radius 2 is 1.57 bits per heavy atom. The topological polar surface area (TPSA) is 76.2 Å². The van der Waals surface area contributed by atoms with Crippen LogP contribution in [-0.2, 0) is 4.79 Å². The van der Waals surface area contributed by atoms with Gasteiger partial charge >= 0.3 is 0 Å².